The molecule has 1 aliphatic heterocycles. The first-order chi connectivity index (χ1) is 10.8. The Labute approximate surface area is 161 Å². The average Bonchev–Trinajstić information content (AvgIpc) is 3.25. The number of hydrogen-bond acceptors (Lipinski definition) is 3. The fourth-order valence-corrected chi connectivity index (χ4v) is 4.49. The molecule has 2 aliphatic rings. The van der Waals surface area contributed by atoms with Crippen LogP contribution in [0.3, 0.4) is 0 Å². The Kier molecular flexibility index (Phi) is 7.62. The summed E-state index contributed by atoms with van der Waals surface area (Å²) in [7, 11) is 1.86. The summed E-state index contributed by atoms with van der Waals surface area (Å²) >= 11 is 1.81. The van der Waals surface area contributed by atoms with E-state index in [1.165, 1.54) is 55.6 Å². The van der Waals surface area contributed by atoms with E-state index in [1.807, 2.05) is 18.4 Å². The van der Waals surface area contributed by atoms with Gasteiger partial charge >= 0.3 is 0 Å². The number of likely N-dealkylation sites (tertiary alicyclic amines) is 1. The molecule has 1 saturated heterocycles. The van der Waals surface area contributed by atoms with Crippen LogP contribution in [0.5, 0.6) is 0 Å². The van der Waals surface area contributed by atoms with Gasteiger partial charge in [0.2, 0.25) is 0 Å². The average molecular weight is 448 g/mol. The minimum atomic E-state index is 0. The third-order valence-corrected chi connectivity index (χ3v) is 6.03. The van der Waals surface area contributed by atoms with Crippen molar-refractivity contribution in [1.29, 1.82) is 0 Å². The van der Waals surface area contributed by atoms with Gasteiger partial charge in [0.15, 0.2) is 5.96 Å². The lowest BCUT2D eigenvalue weighted by atomic mass is 10.2. The number of halogens is 1. The molecule has 1 aromatic heterocycles. The van der Waals surface area contributed by atoms with Gasteiger partial charge in [0, 0.05) is 37.1 Å². The van der Waals surface area contributed by atoms with Crippen LogP contribution < -0.4 is 10.6 Å². The molecule has 4 nitrogen and oxygen atoms in total. The summed E-state index contributed by atoms with van der Waals surface area (Å²) in [6.07, 6.45) is 6.87. The number of aliphatic imine (C=N–C) groups is 1. The molecule has 1 aromatic rings. The molecule has 1 aliphatic carbocycles. The fourth-order valence-electron chi connectivity index (χ4n) is 3.64. The zero-order chi connectivity index (χ0) is 15.4. The molecule has 2 heterocycles. The quantitative estimate of drug-likeness (QED) is 0.422. The van der Waals surface area contributed by atoms with Gasteiger partial charge in [-0.05, 0) is 43.2 Å². The summed E-state index contributed by atoms with van der Waals surface area (Å²) in [6, 6.07) is 3.56. The first-order valence-corrected chi connectivity index (χ1v) is 9.38. The Balaban J connectivity index is 0.00000192. The summed E-state index contributed by atoms with van der Waals surface area (Å²) in [5.74, 6) is 0.936. The number of guanidine groups is 1. The van der Waals surface area contributed by atoms with Gasteiger partial charge in [-0.15, -0.1) is 35.3 Å². The van der Waals surface area contributed by atoms with Crippen LogP contribution >= 0.6 is 35.3 Å². The van der Waals surface area contributed by atoms with E-state index in [1.54, 1.807) is 0 Å². The molecule has 2 fully saturated rings. The topological polar surface area (TPSA) is 39.7 Å². The monoisotopic (exact) mass is 448 g/mol. The molecule has 1 unspecified atom stereocenters. The molecular weight excluding hydrogens is 419 g/mol. The number of aryl methyl sites for hydroxylation is 1. The smallest absolute Gasteiger partial charge is 0.191 e. The standard InChI is InChI=1S/C17H28N4S.HI/c1-13-8-10-22-16(13)11-19-17(18-2)20-14-7-9-21(12-14)15-5-3-4-6-15;/h8,10,14-15H,3-7,9,11-12H2,1-2H3,(H2,18,19,20);1H. The Morgan fingerprint density at radius 3 is 2.78 bits per heavy atom. The lowest BCUT2D eigenvalue weighted by molar-refractivity contribution is 0.242. The van der Waals surface area contributed by atoms with Gasteiger partial charge in [-0.1, -0.05) is 12.8 Å². The highest BCUT2D eigenvalue weighted by Crippen LogP contribution is 2.26. The SMILES string of the molecule is CN=C(NCc1sccc1C)NC1CCN(C2CCCC2)C1.I. The van der Waals surface area contributed by atoms with E-state index in [9.17, 15) is 0 Å². The molecule has 23 heavy (non-hydrogen) atoms. The first-order valence-electron chi connectivity index (χ1n) is 8.50. The van der Waals surface area contributed by atoms with Crippen molar-refractivity contribution in [3.8, 4) is 0 Å². The molecule has 130 valence electrons. The molecule has 1 saturated carbocycles. The van der Waals surface area contributed by atoms with Gasteiger partial charge in [-0.2, -0.15) is 0 Å². The largest absolute Gasteiger partial charge is 0.352 e. The van der Waals surface area contributed by atoms with Crippen molar-refractivity contribution in [2.24, 2.45) is 4.99 Å². The van der Waals surface area contributed by atoms with Crippen molar-refractivity contribution >= 4 is 41.3 Å². The van der Waals surface area contributed by atoms with Crippen molar-refractivity contribution < 1.29 is 0 Å². The zero-order valence-electron chi connectivity index (χ0n) is 14.2. The maximum Gasteiger partial charge on any atom is 0.191 e. The molecule has 0 amide bonds. The van der Waals surface area contributed by atoms with Gasteiger partial charge in [-0.3, -0.25) is 9.89 Å². The van der Waals surface area contributed by atoms with Gasteiger partial charge < -0.3 is 10.6 Å². The van der Waals surface area contributed by atoms with Crippen LogP contribution in [0.25, 0.3) is 0 Å². The Morgan fingerprint density at radius 2 is 2.13 bits per heavy atom. The predicted octanol–water partition coefficient (Wildman–Crippen LogP) is 3.36. The van der Waals surface area contributed by atoms with E-state index in [0.29, 0.717) is 6.04 Å². The molecule has 3 rings (SSSR count). The highest BCUT2D eigenvalue weighted by molar-refractivity contribution is 14.0. The maximum atomic E-state index is 4.38. The Bertz CT molecular complexity index is 510. The van der Waals surface area contributed by atoms with Crippen LogP contribution in [0.15, 0.2) is 16.4 Å². The van der Waals surface area contributed by atoms with Crippen molar-refractivity contribution in [1.82, 2.24) is 15.5 Å². The van der Waals surface area contributed by atoms with E-state index in [2.05, 4.69) is 38.9 Å². The lowest BCUT2D eigenvalue weighted by Gasteiger charge is -2.24. The van der Waals surface area contributed by atoms with Crippen molar-refractivity contribution in [3.63, 3.8) is 0 Å². The van der Waals surface area contributed by atoms with Crippen LogP contribution in [-0.2, 0) is 6.54 Å². The third kappa shape index (κ3) is 5.06. The van der Waals surface area contributed by atoms with Gasteiger partial charge in [0.05, 0.1) is 6.54 Å². The summed E-state index contributed by atoms with van der Waals surface area (Å²) in [5, 5.41) is 9.21. The summed E-state index contributed by atoms with van der Waals surface area (Å²) in [4.78, 5) is 8.46. The normalized spacial score (nSPS) is 23.0. The second kappa shape index (κ2) is 9.22. The van der Waals surface area contributed by atoms with E-state index >= 15 is 0 Å². The summed E-state index contributed by atoms with van der Waals surface area (Å²) < 4.78 is 0. The van der Waals surface area contributed by atoms with Gasteiger partial charge in [0.1, 0.15) is 0 Å². The molecule has 0 bridgehead atoms. The van der Waals surface area contributed by atoms with E-state index in [0.717, 1.165) is 18.5 Å². The molecular formula is C17H29IN4S. The minimum absolute atomic E-state index is 0. The van der Waals surface area contributed by atoms with Crippen molar-refractivity contribution in [2.45, 2.75) is 57.7 Å². The first kappa shape index (κ1) is 19.0. The Hall–Kier alpha value is -0.340. The Morgan fingerprint density at radius 1 is 1.35 bits per heavy atom. The third-order valence-electron chi connectivity index (χ3n) is 5.01. The van der Waals surface area contributed by atoms with Crippen molar-refractivity contribution in [2.75, 3.05) is 20.1 Å². The van der Waals surface area contributed by atoms with E-state index in [4.69, 9.17) is 0 Å². The number of hydrogen-bond donors (Lipinski definition) is 2. The van der Waals surface area contributed by atoms with E-state index < -0.39 is 0 Å². The van der Waals surface area contributed by atoms with Crippen LogP contribution in [0.4, 0.5) is 0 Å². The molecule has 6 heteroatoms. The maximum absolute atomic E-state index is 4.38. The lowest BCUT2D eigenvalue weighted by Crippen LogP contribution is -2.45. The number of rotatable bonds is 4. The minimum Gasteiger partial charge on any atom is -0.352 e. The molecule has 2 N–H and O–H groups in total. The van der Waals surface area contributed by atoms with Crippen molar-refractivity contribution in [3.05, 3.63) is 21.9 Å². The molecule has 1 atom stereocenters. The highest BCUT2D eigenvalue weighted by atomic mass is 127. The predicted molar refractivity (Wildman–Crippen MR) is 110 cm³/mol. The number of nitrogens with one attached hydrogen (secondary N) is 2. The number of nitrogens with zero attached hydrogens (tertiary/aromatic N) is 2. The second-order valence-electron chi connectivity index (χ2n) is 6.52. The van der Waals surface area contributed by atoms with Crippen LogP contribution in [-0.4, -0.2) is 43.1 Å². The molecule has 0 aromatic carbocycles. The summed E-state index contributed by atoms with van der Waals surface area (Å²) in [5.41, 5.74) is 1.36. The molecule has 0 spiro atoms. The fraction of sp³-hybridized carbons (Fsp3) is 0.706. The zero-order valence-corrected chi connectivity index (χ0v) is 17.3. The summed E-state index contributed by atoms with van der Waals surface area (Å²) in [6.45, 7) is 5.44. The van der Waals surface area contributed by atoms with Crippen LogP contribution in [0.2, 0.25) is 0 Å². The molecule has 0 radical (unpaired) electrons. The van der Waals surface area contributed by atoms with Crippen LogP contribution in [0, 0.1) is 6.92 Å². The highest BCUT2D eigenvalue weighted by Gasteiger charge is 2.30. The van der Waals surface area contributed by atoms with Crippen LogP contribution in [0.1, 0.15) is 42.5 Å². The van der Waals surface area contributed by atoms with Gasteiger partial charge in [-0.25, -0.2) is 0 Å². The second-order valence-corrected chi connectivity index (χ2v) is 7.52. The van der Waals surface area contributed by atoms with E-state index in [-0.39, 0.29) is 24.0 Å². The number of thiophene rings is 1. The van der Waals surface area contributed by atoms with Gasteiger partial charge in [0.25, 0.3) is 0 Å².